The molecule has 3 fully saturated rings. The SMILES string of the molecule is CCN(C(=O)c1cn(-c2cc(OC)cc(OC)c2)c2cc(OCCCCCCC[N+]34CCC(CC3)C(Cl)C4)ccc2c1=O)c1cc(F)cc(F)c1.[Br-]. The van der Waals surface area contributed by atoms with E-state index in [0.717, 1.165) is 49.9 Å². The topological polar surface area (TPSA) is 70.0 Å². The second-order valence-corrected chi connectivity index (χ2v) is 14.4. The lowest BCUT2D eigenvalue weighted by Gasteiger charge is -2.51. The van der Waals surface area contributed by atoms with Gasteiger partial charge in [-0.1, -0.05) is 12.8 Å². The van der Waals surface area contributed by atoms with Crippen molar-refractivity contribution >= 4 is 34.1 Å². The van der Waals surface area contributed by atoms with Crippen molar-refractivity contribution in [3.05, 3.63) is 88.2 Å². The molecule has 7 rings (SSSR count). The average molecular weight is 803 g/mol. The molecule has 52 heavy (non-hydrogen) atoms. The van der Waals surface area contributed by atoms with E-state index >= 15 is 0 Å². The molecule has 0 saturated carbocycles. The van der Waals surface area contributed by atoms with Gasteiger partial charge in [0, 0.05) is 67.0 Å². The first-order valence-electron chi connectivity index (χ1n) is 18.0. The fourth-order valence-corrected chi connectivity index (χ4v) is 8.30. The number of nitrogens with zero attached hydrogens (tertiary/aromatic N) is 3. The van der Waals surface area contributed by atoms with Crippen LogP contribution in [0.4, 0.5) is 14.5 Å². The molecule has 2 bridgehead atoms. The van der Waals surface area contributed by atoms with Crippen molar-refractivity contribution in [2.75, 3.05) is 58.5 Å². The summed E-state index contributed by atoms with van der Waals surface area (Å²) in [4.78, 5) is 29.1. The summed E-state index contributed by atoms with van der Waals surface area (Å²) in [7, 11) is 3.07. The molecule has 3 aliphatic rings. The quantitative estimate of drug-likeness (QED) is 0.0948. The number of benzene rings is 3. The number of hydrogen-bond donors (Lipinski definition) is 0. The fraction of sp³-hybridized carbons (Fsp3) is 0.450. The molecule has 1 atom stereocenters. The van der Waals surface area contributed by atoms with Crippen molar-refractivity contribution in [3.8, 4) is 22.9 Å². The zero-order valence-electron chi connectivity index (χ0n) is 30.0. The first kappa shape index (κ1) is 39.5. The van der Waals surface area contributed by atoms with Gasteiger partial charge in [0.15, 0.2) is 0 Å². The van der Waals surface area contributed by atoms with Gasteiger partial charge < -0.3 is 45.1 Å². The standard InChI is InChI=1S/C40H47ClF2N3O5.BrH/c1-4-44(30-19-28(42)18-29(43)20-30)40(48)36-25-45(31-21-33(49-2)23-34(22-31)50-3)38-24-32(10-11-35(38)39(36)47)51-17-9-7-5-6-8-14-46-15-12-27(13-16-46)37(41)26-46;/h10-11,18-25,27,37H,4-9,12-17,26H2,1-3H3;1H/q+1;/p-1. The molecule has 0 N–H and O–H groups in total. The Bertz CT molecular complexity index is 1890. The van der Waals surface area contributed by atoms with Gasteiger partial charge in [0.2, 0.25) is 5.43 Å². The maximum absolute atomic E-state index is 14.1. The minimum atomic E-state index is -0.825. The molecule has 3 saturated heterocycles. The highest BCUT2D eigenvalue weighted by molar-refractivity contribution is 6.21. The fourth-order valence-electron chi connectivity index (χ4n) is 7.76. The van der Waals surface area contributed by atoms with Crippen LogP contribution in [0.5, 0.6) is 17.2 Å². The summed E-state index contributed by atoms with van der Waals surface area (Å²) in [6.45, 7) is 7.23. The number of alkyl halides is 1. The van der Waals surface area contributed by atoms with E-state index in [-0.39, 0.29) is 40.2 Å². The summed E-state index contributed by atoms with van der Waals surface area (Å²) < 4.78 is 48.4. The molecule has 1 aromatic heterocycles. The smallest absolute Gasteiger partial charge is 0.263 e. The lowest BCUT2D eigenvalue weighted by atomic mass is 9.85. The van der Waals surface area contributed by atoms with Crippen LogP contribution in [0.3, 0.4) is 0 Å². The Morgan fingerprint density at radius 1 is 0.904 bits per heavy atom. The van der Waals surface area contributed by atoms with Gasteiger partial charge in [-0.25, -0.2) is 8.78 Å². The monoisotopic (exact) mass is 801 g/mol. The number of carbonyl (C=O) groups excluding carboxylic acids is 1. The molecule has 280 valence electrons. The summed E-state index contributed by atoms with van der Waals surface area (Å²) in [6, 6.07) is 13.3. The number of hydrogen-bond acceptors (Lipinski definition) is 5. The van der Waals surface area contributed by atoms with E-state index in [4.69, 9.17) is 25.8 Å². The number of piperidine rings is 3. The number of methoxy groups -OCH3 is 2. The largest absolute Gasteiger partial charge is 1.00 e. The maximum atomic E-state index is 14.1. The number of rotatable bonds is 15. The number of pyridine rings is 1. The van der Waals surface area contributed by atoms with Gasteiger partial charge in [0.05, 0.1) is 63.6 Å². The molecule has 3 aromatic carbocycles. The van der Waals surface area contributed by atoms with Gasteiger partial charge in [-0.3, -0.25) is 9.59 Å². The number of anilines is 1. The molecule has 1 unspecified atom stereocenters. The number of quaternary nitrogens is 1. The Labute approximate surface area is 319 Å². The summed E-state index contributed by atoms with van der Waals surface area (Å²) in [5, 5.41) is 0.629. The van der Waals surface area contributed by atoms with E-state index in [1.54, 1.807) is 47.9 Å². The zero-order chi connectivity index (χ0) is 36.1. The highest BCUT2D eigenvalue weighted by Gasteiger charge is 2.44. The molecule has 4 aromatic rings. The van der Waals surface area contributed by atoms with Gasteiger partial charge in [-0.2, -0.15) is 0 Å². The number of aromatic nitrogens is 1. The lowest BCUT2D eigenvalue weighted by molar-refractivity contribution is -0.942. The van der Waals surface area contributed by atoms with Crippen LogP contribution in [0.1, 0.15) is 62.2 Å². The zero-order valence-corrected chi connectivity index (χ0v) is 32.4. The van der Waals surface area contributed by atoms with Crippen LogP contribution in [0, 0.1) is 17.6 Å². The summed E-state index contributed by atoms with van der Waals surface area (Å²) in [5.74, 6) is 0.000576. The van der Waals surface area contributed by atoms with Crippen LogP contribution in [-0.4, -0.2) is 73.9 Å². The van der Waals surface area contributed by atoms with Gasteiger partial charge in [-0.05, 0) is 56.4 Å². The number of unbranched alkanes of at least 4 members (excludes halogenated alkanes) is 4. The molecular formula is C40H47BrClF2N3O5. The van der Waals surface area contributed by atoms with E-state index in [2.05, 4.69) is 0 Å². The predicted octanol–water partition coefficient (Wildman–Crippen LogP) is 5.13. The minimum Gasteiger partial charge on any atom is -1.00 e. The molecule has 12 heteroatoms. The number of halogens is 4. The summed E-state index contributed by atoms with van der Waals surface area (Å²) in [5.41, 5.74) is 0.420. The van der Waals surface area contributed by atoms with E-state index in [0.29, 0.717) is 40.4 Å². The highest BCUT2D eigenvalue weighted by atomic mass is 79.9. The highest BCUT2D eigenvalue weighted by Crippen LogP contribution is 2.37. The van der Waals surface area contributed by atoms with Crippen LogP contribution >= 0.6 is 11.6 Å². The molecule has 1 amide bonds. The minimum absolute atomic E-state index is 0. The van der Waals surface area contributed by atoms with Crippen molar-refractivity contribution in [3.63, 3.8) is 0 Å². The van der Waals surface area contributed by atoms with Gasteiger partial charge in [0.25, 0.3) is 5.91 Å². The maximum Gasteiger partial charge on any atom is 0.263 e. The third-order valence-electron chi connectivity index (χ3n) is 10.6. The lowest BCUT2D eigenvalue weighted by Crippen LogP contribution is -3.00. The van der Waals surface area contributed by atoms with Gasteiger partial charge in [-0.15, -0.1) is 11.6 Å². The van der Waals surface area contributed by atoms with Crippen molar-refractivity contribution in [2.45, 2.75) is 57.2 Å². The van der Waals surface area contributed by atoms with Crippen molar-refractivity contribution in [1.29, 1.82) is 0 Å². The molecule has 0 aliphatic carbocycles. The van der Waals surface area contributed by atoms with Crippen molar-refractivity contribution in [2.24, 2.45) is 5.92 Å². The summed E-state index contributed by atoms with van der Waals surface area (Å²) in [6.07, 6.45) is 9.56. The Balaban J connectivity index is 0.00000523. The molecule has 0 radical (unpaired) electrons. The predicted molar refractivity (Wildman–Crippen MR) is 197 cm³/mol. The third-order valence-corrected chi connectivity index (χ3v) is 11.1. The van der Waals surface area contributed by atoms with Crippen LogP contribution in [0.15, 0.2) is 65.6 Å². The number of carbonyl (C=O) groups is 1. The van der Waals surface area contributed by atoms with Gasteiger partial charge in [0.1, 0.15) is 34.4 Å². The first-order valence-corrected chi connectivity index (χ1v) is 18.4. The van der Waals surface area contributed by atoms with E-state index in [1.165, 1.54) is 75.1 Å². The number of fused-ring (bicyclic) bond motifs is 4. The average Bonchev–Trinajstić information content (AvgIpc) is 3.12. The molecular weight excluding hydrogens is 756 g/mol. The number of ether oxygens (including phenoxy) is 3. The van der Waals surface area contributed by atoms with Crippen molar-refractivity contribution < 1.29 is 49.3 Å². The molecule has 3 aliphatic heterocycles. The Morgan fingerprint density at radius 3 is 2.19 bits per heavy atom. The normalized spacial score (nSPS) is 19.3. The molecule has 0 spiro atoms. The van der Waals surface area contributed by atoms with Crippen LogP contribution < -0.4 is 41.5 Å². The van der Waals surface area contributed by atoms with Crippen LogP contribution in [0.25, 0.3) is 16.6 Å². The second-order valence-electron chi connectivity index (χ2n) is 13.8. The Kier molecular flexibility index (Phi) is 13.3. The third kappa shape index (κ3) is 8.75. The molecule has 8 nitrogen and oxygen atoms in total. The Morgan fingerprint density at radius 2 is 1.56 bits per heavy atom. The molecule has 4 heterocycles. The van der Waals surface area contributed by atoms with Crippen LogP contribution in [-0.2, 0) is 0 Å². The van der Waals surface area contributed by atoms with Crippen molar-refractivity contribution in [1.82, 2.24) is 4.57 Å². The number of amides is 1. The summed E-state index contributed by atoms with van der Waals surface area (Å²) >= 11 is 6.63. The first-order chi connectivity index (χ1) is 24.6. The van der Waals surface area contributed by atoms with Gasteiger partial charge >= 0.3 is 0 Å². The Hall–Kier alpha value is -3.67. The van der Waals surface area contributed by atoms with E-state index in [9.17, 15) is 18.4 Å². The second kappa shape index (κ2) is 17.4. The van der Waals surface area contributed by atoms with Crippen LogP contribution in [0.2, 0.25) is 0 Å². The van der Waals surface area contributed by atoms with E-state index < -0.39 is 23.0 Å². The van der Waals surface area contributed by atoms with E-state index in [1.807, 2.05) is 0 Å².